The lowest BCUT2D eigenvalue weighted by Crippen LogP contribution is -2.54. The molecule has 2 aliphatic heterocycles. The van der Waals surface area contributed by atoms with E-state index in [1.54, 1.807) is 0 Å². The molecular weight excluding hydrogens is 328 g/mol. The van der Waals surface area contributed by atoms with Gasteiger partial charge in [0.2, 0.25) is 5.91 Å². The molecule has 1 aromatic heterocycles. The van der Waals surface area contributed by atoms with Crippen molar-refractivity contribution in [3.63, 3.8) is 0 Å². The molecule has 3 fully saturated rings. The second kappa shape index (κ2) is 5.83. The molecule has 2 saturated carbocycles. The molecule has 4 aliphatic rings. The minimum Gasteiger partial charge on any atom is -0.342 e. The maximum absolute atomic E-state index is 12.7. The van der Waals surface area contributed by atoms with Crippen LogP contribution in [0.5, 0.6) is 0 Å². The van der Waals surface area contributed by atoms with Crippen molar-refractivity contribution in [1.29, 1.82) is 0 Å². The third kappa shape index (κ3) is 2.57. The maximum Gasteiger partial charge on any atom is 0.257 e. The topological polar surface area (TPSA) is 58.4 Å². The molecule has 1 spiro atoms. The molecule has 140 valence electrons. The third-order valence-electron chi connectivity index (χ3n) is 7.01. The number of nitrogens with zero attached hydrogens (tertiary/aromatic N) is 4. The van der Waals surface area contributed by atoms with Crippen molar-refractivity contribution in [3.05, 3.63) is 17.5 Å². The minimum absolute atomic E-state index is 0.0802. The van der Waals surface area contributed by atoms with Crippen molar-refractivity contribution >= 4 is 11.8 Å². The van der Waals surface area contributed by atoms with E-state index in [1.165, 1.54) is 19.3 Å². The molecule has 0 unspecified atom stereocenters. The van der Waals surface area contributed by atoms with Crippen LogP contribution in [0.2, 0.25) is 0 Å². The zero-order valence-electron chi connectivity index (χ0n) is 15.6. The van der Waals surface area contributed by atoms with Gasteiger partial charge in [-0.2, -0.15) is 5.10 Å². The van der Waals surface area contributed by atoms with Crippen LogP contribution < -0.4 is 0 Å². The van der Waals surface area contributed by atoms with Gasteiger partial charge in [-0.3, -0.25) is 14.3 Å². The number of fused-ring (bicyclic) bond motifs is 2. The number of likely N-dealkylation sites (N-methyl/N-ethyl adjacent to an activating group) is 1. The molecule has 5 rings (SSSR count). The van der Waals surface area contributed by atoms with Gasteiger partial charge in [-0.1, -0.05) is 6.42 Å². The van der Waals surface area contributed by atoms with Crippen molar-refractivity contribution in [1.82, 2.24) is 19.6 Å². The summed E-state index contributed by atoms with van der Waals surface area (Å²) in [6.45, 7) is 3.26. The van der Waals surface area contributed by atoms with Gasteiger partial charge >= 0.3 is 0 Å². The molecule has 2 aliphatic carbocycles. The van der Waals surface area contributed by atoms with E-state index in [1.807, 2.05) is 27.7 Å². The van der Waals surface area contributed by atoms with Crippen LogP contribution in [0.3, 0.4) is 0 Å². The van der Waals surface area contributed by atoms with E-state index < -0.39 is 0 Å². The first-order chi connectivity index (χ1) is 12.6. The average Bonchev–Trinajstić information content (AvgIpc) is 3.36. The lowest BCUT2D eigenvalue weighted by Gasteiger charge is -2.45. The highest BCUT2D eigenvalue weighted by Gasteiger charge is 2.48. The Morgan fingerprint density at radius 2 is 1.96 bits per heavy atom. The van der Waals surface area contributed by atoms with Crippen LogP contribution in [0, 0.1) is 11.8 Å². The Hall–Kier alpha value is -1.85. The number of carbonyl (C=O) groups is 2. The van der Waals surface area contributed by atoms with Crippen LogP contribution in [-0.2, 0) is 16.8 Å². The fraction of sp³-hybridized carbons (Fsp3) is 0.750. The highest BCUT2D eigenvalue weighted by atomic mass is 16.2. The molecule has 1 aromatic rings. The number of hydrogen-bond acceptors (Lipinski definition) is 3. The van der Waals surface area contributed by atoms with Gasteiger partial charge in [0.15, 0.2) is 0 Å². The van der Waals surface area contributed by atoms with Crippen LogP contribution in [0.1, 0.15) is 61.0 Å². The summed E-state index contributed by atoms with van der Waals surface area (Å²) in [7, 11) is 1.90. The van der Waals surface area contributed by atoms with Crippen LogP contribution in [0.25, 0.3) is 0 Å². The van der Waals surface area contributed by atoms with Crippen molar-refractivity contribution in [2.45, 2.75) is 56.9 Å². The quantitative estimate of drug-likeness (QED) is 0.833. The van der Waals surface area contributed by atoms with Gasteiger partial charge in [-0.05, 0) is 44.4 Å². The Labute approximate surface area is 154 Å². The Bertz CT molecular complexity index is 739. The monoisotopic (exact) mass is 356 g/mol. The number of aromatic nitrogens is 2. The van der Waals surface area contributed by atoms with E-state index in [0.29, 0.717) is 5.91 Å². The number of carbonyl (C=O) groups excluding carboxylic acids is 2. The van der Waals surface area contributed by atoms with Crippen LogP contribution in [0.15, 0.2) is 6.20 Å². The van der Waals surface area contributed by atoms with Crippen LogP contribution >= 0.6 is 0 Å². The standard InChI is InChI=1S/C20H28N4O2/c1-22-13-20(7-9-23(10-8-20)18(25)15-5-6-15)17-16(19(22)26)12-24(21-17)11-14-3-2-4-14/h12,14-15H,2-11,13H2,1H3. The number of likely N-dealkylation sites (tertiary alicyclic amines) is 1. The molecule has 1 saturated heterocycles. The summed E-state index contributed by atoms with van der Waals surface area (Å²) in [4.78, 5) is 29.0. The van der Waals surface area contributed by atoms with E-state index in [9.17, 15) is 9.59 Å². The summed E-state index contributed by atoms with van der Waals surface area (Å²) in [5, 5.41) is 4.92. The highest BCUT2D eigenvalue weighted by molar-refractivity contribution is 5.96. The largest absolute Gasteiger partial charge is 0.342 e. The molecule has 0 aromatic carbocycles. The molecule has 2 amide bonds. The Balaban J connectivity index is 1.40. The smallest absolute Gasteiger partial charge is 0.257 e. The molecule has 26 heavy (non-hydrogen) atoms. The highest BCUT2D eigenvalue weighted by Crippen LogP contribution is 2.42. The molecule has 0 bridgehead atoms. The van der Waals surface area contributed by atoms with Gasteiger partial charge in [0.1, 0.15) is 0 Å². The SMILES string of the molecule is CN1CC2(CCN(C(=O)C3CC3)CC2)c2nn(CC3CCC3)cc2C1=O. The van der Waals surface area contributed by atoms with Crippen molar-refractivity contribution in [3.8, 4) is 0 Å². The summed E-state index contributed by atoms with van der Waals surface area (Å²) in [5.41, 5.74) is 1.71. The second-order valence-corrected chi connectivity index (χ2v) is 8.95. The summed E-state index contributed by atoms with van der Waals surface area (Å²) >= 11 is 0. The molecule has 6 nitrogen and oxygen atoms in total. The fourth-order valence-electron chi connectivity index (χ4n) is 4.95. The Kier molecular flexibility index (Phi) is 3.66. The number of rotatable bonds is 3. The summed E-state index contributed by atoms with van der Waals surface area (Å²) < 4.78 is 2.02. The maximum atomic E-state index is 12.7. The van der Waals surface area contributed by atoms with E-state index in [2.05, 4.69) is 0 Å². The lowest BCUT2D eigenvalue weighted by atomic mass is 9.72. The summed E-state index contributed by atoms with van der Waals surface area (Å²) in [5.74, 6) is 1.45. The predicted octanol–water partition coefficient (Wildman–Crippen LogP) is 2.04. The predicted molar refractivity (Wildman–Crippen MR) is 96.7 cm³/mol. The van der Waals surface area contributed by atoms with Gasteiger partial charge in [0.05, 0.1) is 11.3 Å². The van der Waals surface area contributed by atoms with Crippen LogP contribution in [-0.4, -0.2) is 58.1 Å². The van der Waals surface area contributed by atoms with Gasteiger partial charge in [-0.15, -0.1) is 0 Å². The number of piperidine rings is 1. The summed E-state index contributed by atoms with van der Waals surface area (Å²) in [6.07, 6.45) is 9.81. The molecule has 0 radical (unpaired) electrons. The van der Waals surface area contributed by atoms with E-state index in [-0.39, 0.29) is 17.2 Å². The van der Waals surface area contributed by atoms with E-state index in [4.69, 9.17) is 5.10 Å². The summed E-state index contributed by atoms with van der Waals surface area (Å²) in [6, 6.07) is 0. The van der Waals surface area contributed by atoms with E-state index >= 15 is 0 Å². The van der Waals surface area contributed by atoms with Crippen LogP contribution in [0.4, 0.5) is 0 Å². The lowest BCUT2D eigenvalue weighted by molar-refractivity contribution is -0.134. The third-order valence-corrected chi connectivity index (χ3v) is 7.01. The zero-order chi connectivity index (χ0) is 17.9. The van der Waals surface area contributed by atoms with Gasteiger partial charge in [0, 0.05) is 50.8 Å². The number of amides is 2. The second-order valence-electron chi connectivity index (χ2n) is 8.95. The normalized spacial score (nSPS) is 25.3. The molecule has 3 heterocycles. The molecular formula is C20H28N4O2. The zero-order valence-corrected chi connectivity index (χ0v) is 15.6. The molecule has 0 atom stereocenters. The van der Waals surface area contributed by atoms with Gasteiger partial charge < -0.3 is 9.80 Å². The van der Waals surface area contributed by atoms with E-state index in [0.717, 1.165) is 69.0 Å². The van der Waals surface area contributed by atoms with Crippen molar-refractivity contribution in [2.75, 3.05) is 26.7 Å². The molecule has 0 N–H and O–H groups in total. The first kappa shape index (κ1) is 16.3. The minimum atomic E-state index is -0.0802. The van der Waals surface area contributed by atoms with Crippen molar-refractivity contribution in [2.24, 2.45) is 11.8 Å². The molecule has 6 heteroatoms. The Morgan fingerprint density at radius 1 is 1.23 bits per heavy atom. The first-order valence-corrected chi connectivity index (χ1v) is 10.2. The van der Waals surface area contributed by atoms with Crippen molar-refractivity contribution < 1.29 is 9.59 Å². The van der Waals surface area contributed by atoms with Gasteiger partial charge in [-0.25, -0.2) is 0 Å². The average molecular weight is 356 g/mol. The number of hydrogen-bond donors (Lipinski definition) is 0. The van der Waals surface area contributed by atoms with Gasteiger partial charge in [0.25, 0.3) is 5.91 Å². The fourth-order valence-corrected chi connectivity index (χ4v) is 4.95. The Morgan fingerprint density at radius 3 is 2.58 bits per heavy atom. The first-order valence-electron chi connectivity index (χ1n) is 10.2.